The van der Waals surface area contributed by atoms with Gasteiger partial charge in [0.2, 0.25) is 5.90 Å². The Kier molecular flexibility index (Phi) is 6.78. The van der Waals surface area contributed by atoms with Crippen LogP contribution in [0.15, 0.2) is 77.4 Å². The van der Waals surface area contributed by atoms with Gasteiger partial charge in [0.05, 0.1) is 6.61 Å². The van der Waals surface area contributed by atoms with Gasteiger partial charge in [0.1, 0.15) is 6.61 Å². The number of ether oxygens (including phenoxy) is 3. The third-order valence-corrected chi connectivity index (χ3v) is 5.02. The fourth-order valence-electron chi connectivity index (χ4n) is 3.10. The number of halogens is 2. The molecule has 0 atom stereocenters. The number of hydrogen-bond donors (Lipinski definition) is 0. The molecule has 0 unspecified atom stereocenters. The Hall–Kier alpha value is -3.28. The minimum atomic E-state index is -0.529. The summed E-state index contributed by atoms with van der Waals surface area (Å²) in [5.74, 6) is 0.842. The van der Waals surface area contributed by atoms with Crippen LogP contribution in [0.5, 0.6) is 11.5 Å². The number of esters is 1. The normalized spacial score (nSPS) is 14.3. The molecule has 7 heteroatoms. The lowest BCUT2D eigenvalue weighted by molar-refractivity contribution is -0.129. The van der Waals surface area contributed by atoms with Crippen molar-refractivity contribution in [2.75, 3.05) is 6.61 Å². The van der Waals surface area contributed by atoms with Crippen LogP contribution in [-0.2, 0) is 16.1 Å². The molecular formula is C25H19Cl2NO4. The molecule has 1 heterocycles. The van der Waals surface area contributed by atoms with Gasteiger partial charge in [-0.05, 0) is 66.6 Å². The Balaban J connectivity index is 1.56. The second-order valence-corrected chi connectivity index (χ2v) is 7.78. The lowest BCUT2D eigenvalue weighted by atomic mass is 10.1. The van der Waals surface area contributed by atoms with Crippen molar-refractivity contribution in [1.82, 2.24) is 0 Å². The first-order valence-corrected chi connectivity index (χ1v) is 10.7. The summed E-state index contributed by atoms with van der Waals surface area (Å²) in [6.45, 7) is 2.70. The molecule has 4 rings (SSSR count). The van der Waals surface area contributed by atoms with Crippen LogP contribution in [0.4, 0.5) is 0 Å². The van der Waals surface area contributed by atoms with Crippen LogP contribution in [-0.4, -0.2) is 18.5 Å². The van der Waals surface area contributed by atoms with Crippen LogP contribution in [0.2, 0.25) is 10.0 Å². The fraction of sp³-hybridized carbons (Fsp3) is 0.120. The summed E-state index contributed by atoms with van der Waals surface area (Å²) < 4.78 is 17.0. The summed E-state index contributed by atoms with van der Waals surface area (Å²) in [5, 5.41) is 1.19. The summed E-state index contributed by atoms with van der Waals surface area (Å²) in [5.41, 5.74) is 2.50. The minimum Gasteiger partial charge on any atom is -0.490 e. The second kappa shape index (κ2) is 9.90. The molecule has 0 N–H and O–H groups in total. The smallest absolute Gasteiger partial charge is 0.363 e. The molecular weight excluding hydrogens is 449 g/mol. The first-order chi connectivity index (χ1) is 15.5. The molecule has 0 saturated heterocycles. The van der Waals surface area contributed by atoms with Gasteiger partial charge >= 0.3 is 5.97 Å². The summed E-state index contributed by atoms with van der Waals surface area (Å²) in [4.78, 5) is 16.6. The van der Waals surface area contributed by atoms with Crippen molar-refractivity contribution >= 4 is 41.1 Å². The Morgan fingerprint density at radius 1 is 0.938 bits per heavy atom. The Morgan fingerprint density at radius 3 is 2.47 bits per heavy atom. The molecule has 0 bridgehead atoms. The number of carbonyl (C=O) groups excluding carboxylic acids is 1. The van der Waals surface area contributed by atoms with Crippen molar-refractivity contribution in [1.29, 1.82) is 0 Å². The largest absolute Gasteiger partial charge is 0.490 e. The zero-order chi connectivity index (χ0) is 22.5. The standard InChI is InChI=1S/C25H19Cl2NO4/c1-2-30-23-13-16(9-10-22(23)31-15-17-5-3-7-19(26)11-17)12-21-25(29)32-24(28-21)18-6-4-8-20(27)14-18/h3-14H,2,15H2,1H3. The third-order valence-electron chi connectivity index (χ3n) is 4.55. The first kappa shape index (κ1) is 21.9. The number of cyclic esters (lactones) is 1. The Morgan fingerprint density at radius 2 is 1.72 bits per heavy atom. The maximum atomic E-state index is 12.3. The maximum Gasteiger partial charge on any atom is 0.363 e. The lowest BCUT2D eigenvalue weighted by Gasteiger charge is -2.13. The molecule has 1 aliphatic heterocycles. The van der Waals surface area contributed by atoms with E-state index in [1.165, 1.54) is 0 Å². The number of carbonyl (C=O) groups is 1. The zero-order valence-corrected chi connectivity index (χ0v) is 18.7. The van der Waals surface area contributed by atoms with Crippen LogP contribution in [0.1, 0.15) is 23.6 Å². The molecule has 0 fully saturated rings. The van der Waals surface area contributed by atoms with E-state index < -0.39 is 5.97 Å². The molecule has 0 aromatic heterocycles. The van der Waals surface area contributed by atoms with E-state index in [4.69, 9.17) is 37.4 Å². The molecule has 0 saturated carbocycles. The van der Waals surface area contributed by atoms with E-state index in [1.54, 1.807) is 42.5 Å². The molecule has 0 radical (unpaired) electrons. The van der Waals surface area contributed by atoms with E-state index in [9.17, 15) is 4.79 Å². The molecule has 1 aliphatic rings. The van der Waals surface area contributed by atoms with Crippen LogP contribution in [0.25, 0.3) is 6.08 Å². The SMILES string of the molecule is CCOc1cc(C=C2N=C(c3cccc(Cl)c3)OC2=O)ccc1OCc1cccc(Cl)c1. The highest BCUT2D eigenvalue weighted by molar-refractivity contribution is 6.31. The van der Waals surface area contributed by atoms with Gasteiger partial charge in [-0.15, -0.1) is 0 Å². The predicted molar refractivity (Wildman–Crippen MR) is 125 cm³/mol. The zero-order valence-electron chi connectivity index (χ0n) is 17.2. The third kappa shape index (κ3) is 5.31. The molecule has 0 aliphatic carbocycles. The lowest BCUT2D eigenvalue weighted by Crippen LogP contribution is -2.05. The average Bonchev–Trinajstić information content (AvgIpc) is 3.14. The maximum absolute atomic E-state index is 12.3. The highest BCUT2D eigenvalue weighted by Crippen LogP contribution is 2.31. The van der Waals surface area contributed by atoms with E-state index >= 15 is 0 Å². The summed E-state index contributed by atoms with van der Waals surface area (Å²) in [7, 11) is 0. The van der Waals surface area contributed by atoms with Crippen molar-refractivity contribution in [3.63, 3.8) is 0 Å². The molecule has 5 nitrogen and oxygen atoms in total. The van der Waals surface area contributed by atoms with Gasteiger partial charge in [0, 0.05) is 15.6 Å². The van der Waals surface area contributed by atoms with E-state index in [-0.39, 0.29) is 11.6 Å². The van der Waals surface area contributed by atoms with Crippen molar-refractivity contribution in [3.05, 3.63) is 99.2 Å². The molecule has 162 valence electrons. The number of benzene rings is 3. The number of nitrogens with zero attached hydrogens (tertiary/aromatic N) is 1. The highest BCUT2D eigenvalue weighted by atomic mass is 35.5. The quantitative estimate of drug-likeness (QED) is 0.301. The van der Waals surface area contributed by atoms with E-state index in [0.717, 1.165) is 11.1 Å². The van der Waals surface area contributed by atoms with Gasteiger partial charge in [-0.2, -0.15) is 0 Å². The Labute approximate surface area is 195 Å². The predicted octanol–water partition coefficient (Wildman–Crippen LogP) is 6.32. The van der Waals surface area contributed by atoms with Crippen LogP contribution in [0, 0.1) is 0 Å². The molecule has 0 amide bonds. The van der Waals surface area contributed by atoms with Gasteiger partial charge in [0.15, 0.2) is 17.2 Å². The highest BCUT2D eigenvalue weighted by Gasteiger charge is 2.24. The molecule has 3 aromatic rings. The van der Waals surface area contributed by atoms with Crippen LogP contribution in [0.3, 0.4) is 0 Å². The molecule has 0 spiro atoms. The van der Waals surface area contributed by atoms with E-state index in [0.29, 0.717) is 40.3 Å². The minimum absolute atomic E-state index is 0.190. The van der Waals surface area contributed by atoms with Crippen molar-refractivity contribution in [2.45, 2.75) is 13.5 Å². The van der Waals surface area contributed by atoms with Crippen molar-refractivity contribution < 1.29 is 19.0 Å². The fourth-order valence-corrected chi connectivity index (χ4v) is 3.50. The summed E-state index contributed by atoms with van der Waals surface area (Å²) in [6, 6.07) is 19.9. The monoisotopic (exact) mass is 467 g/mol. The molecule has 32 heavy (non-hydrogen) atoms. The Bertz CT molecular complexity index is 1220. The van der Waals surface area contributed by atoms with Gasteiger partial charge in [-0.25, -0.2) is 9.79 Å². The second-order valence-electron chi connectivity index (χ2n) is 6.90. The average molecular weight is 468 g/mol. The molecule has 3 aromatic carbocycles. The van der Waals surface area contributed by atoms with E-state index in [1.807, 2.05) is 37.3 Å². The van der Waals surface area contributed by atoms with Crippen LogP contribution < -0.4 is 9.47 Å². The topological polar surface area (TPSA) is 57.1 Å². The summed E-state index contributed by atoms with van der Waals surface area (Å²) >= 11 is 12.1. The van der Waals surface area contributed by atoms with Gasteiger partial charge < -0.3 is 14.2 Å². The first-order valence-electron chi connectivity index (χ1n) is 9.94. The van der Waals surface area contributed by atoms with Gasteiger partial charge in [0.25, 0.3) is 0 Å². The van der Waals surface area contributed by atoms with Crippen LogP contribution >= 0.6 is 23.2 Å². The van der Waals surface area contributed by atoms with Gasteiger partial charge in [-0.3, -0.25) is 0 Å². The number of rotatable bonds is 7. The summed E-state index contributed by atoms with van der Waals surface area (Å²) in [6.07, 6.45) is 1.64. The van der Waals surface area contributed by atoms with Gasteiger partial charge in [-0.1, -0.05) is 47.5 Å². The van der Waals surface area contributed by atoms with Crippen molar-refractivity contribution in [3.8, 4) is 11.5 Å². The number of hydrogen-bond acceptors (Lipinski definition) is 5. The van der Waals surface area contributed by atoms with E-state index in [2.05, 4.69) is 4.99 Å². The number of aliphatic imine (C=N–C) groups is 1. The van der Waals surface area contributed by atoms with Crippen molar-refractivity contribution in [2.24, 2.45) is 4.99 Å².